The smallest absolute Gasteiger partial charge is 0.131 e. The number of hydrogen-bond acceptors (Lipinski definition) is 2. The van der Waals surface area contributed by atoms with E-state index < -0.39 is 0 Å². The lowest BCUT2D eigenvalue weighted by Crippen LogP contribution is -2.02. The van der Waals surface area contributed by atoms with Gasteiger partial charge in [-0.2, -0.15) is 0 Å². The van der Waals surface area contributed by atoms with E-state index in [1.165, 1.54) is 0 Å². The van der Waals surface area contributed by atoms with Gasteiger partial charge in [0, 0.05) is 12.1 Å². The standard InChI is InChI=1S/C13H15Cl2N3/c1-2-3-7-18-8-17-12(13(18)16)9-5-4-6-10(14)11(9)15/h4-6,8H,2-3,7,16H2,1H3. The molecule has 1 aromatic carbocycles. The van der Waals surface area contributed by atoms with Crippen molar-refractivity contribution in [2.24, 2.45) is 0 Å². The number of hydrogen-bond donors (Lipinski definition) is 1. The van der Waals surface area contributed by atoms with Gasteiger partial charge in [-0.05, 0) is 12.5 Å². The number of nitrogen functional groups attached to an aromatic ring is 1. The molecule has 0 spiro atoms. The lowest BCUT2D eigenvalue weighted by Gasteiger charge is -2.06. The maximum absolute atomic E-state index is 6.18. The van der Waals surface area contributed by atoms with Gasteiger partial charge in [-0.15, -0.1) is 0 Å². The van der Waals surface area contributed by atoms with Gasteiger partial charge in [0.1, 0.15) is 11.5 Å². The highest BCUT2D eigenvalue weighted by molar-refractivity contribution is 6.43. The first kappa shape index (κ1) is 13.2. The Kier molecular flexibility index (Phi) is 4.15. The van der Waals surface area contributed by atoms with Crippen LogP contribution in [-0.4, -0.2) is 9.55 Å². The van der Waals surface area contributed by atoms with E-state index in [4.69, 9.17) is 28.9 Å². The van der Waals surface area contributed by atoms with Gasteiger partial charge in [-0.1, -0.05) is 48.7 Å². The highest BCUT2D eigenvalue weighted by atomic mass is 35.5. The van der Waals surface area contributed by atoms with E-state index >= 15 is 0 Å². The molecule has 2 aromatic rings. The number of nitrogens with zero attached hydrogens (tertiary/aromatic N) is 2. The van der Waals surface area contributed by atoms with Crippen LogP contribution < -0.4 is 5.73 Å². The van der Waals surface area contributed by atoms with Crippen molar-refractivity contribution in [3.63, 3.8) is 0 Å². The molecular weight excluding hydrogens is 269 g/mol. The quantitative estimate of drug-likeness (QED) is 0.912. The third-order valence-electron chi connectivity index (χ3n) is 2.84. The van der Waals surface area contributed by atoms with Gasteiger partial charge in [0.15, 0.2) is 0 Å². The largest absolute Gasteiger partial charge is 0.383 e. The van der Waals surface area contributed by atoms with E-state index in [9.17, 15) is 0 Å². The molecule has 2 N–H and O–H groups in total. The van der Waals surface area contributed by atoms with Crippen LogP contribution in [0.4, 0.5) is 5.82 Å². The van der Waals surface area contributed by atoms with Crippen molar-refractivity contribution in [1.29, 1.82) is 0 Å². The number of aryl methyl sites for hydroxylation is 1. The van der Waals surface area contributed by atoms with Gasteiger partial charge < -0.3 is 10.3 Å². The summed E-state index contributed by atoms with van der Waals surface area (Å²) in [4.78, 5) is 4.34. The Morgan fingerprint density at radius 2 is 2.11 bits per heavy atom. The lowest BCUT2D eigenvalue weighted by atomic mass is 10.1. The molecular formula is C13H15Cl2N3. The van der Waals surface area contributed by atoms with Gasteiger partial charge in [0.05, 0.1) is 16.4 Å². The first-order valence-corrected chi connectivity index (χ1v) is 6.65. The maximum atomic E-state index is 6.18. The van der Waals surface area contributed by atoms with Crippen LogP contribution in [0.1, 0.15) is 19.8 Å². The minimum absolute atomic E-state index is 0.492. The van der Waals surface area contributed by atoms with Crippen LogP contribution >= 0.6 is 23.2 Å². The Morgan fingerprint density at radius 3 is 2.83 bits per heavy atom. The number of anilines is 1. The topological polar surface area (TPSA) is 43.8 Å². The van der Waals surface area contributed by atoms with Crippen molar-refractivity contribution in [3.8, 4) is 11.3 Å². The molecule has 0 saturated carbocycles. The van der Waals surface area contributed by atoms with Crippen molar-refractivity contribution in [2.45, 2.75) is 26.3 Å². The minimum atomic E-state index is 0.492. The molecule has 1 heterocycles. The van der Waals surface area contributed by atoms with Crippen LogP contribution in [0.5, 0.6) is 0 Å². The molecule has 0 bridgehead atoms. The molecule has 1 aromatic heterocycles. The number of imidazole rings is 1. The normalized spacial score (nSPS) is 10.8. The summed E-state index contributed by atoms with van der Waals surface area (Å²) in [7, 11) is 0. The fourth-order valence-corrected chi connectivity index (χ4v) is 2.18. The summed E-state index contributed by atoms with van der Waals surface area (Å²) in [5, 5.41) is 1.00. The zero-order chi connectivity index (χ0) is 13.1. The van der Waals surface area contributed by atoms with Gasteiger partial charge in [0.2, 0.25) is 0 Å². The summed E-state index contributed by atoms with van der Waals surface area (Å²) in [6.07, 6.45) is 3.94. The number of aromatic nitrogens is 2. The zero-order valence-corrected chi connectivity index (χ0v) is 11.7. The van der Waals surface area contributed by atoms with Crippen LogP contribution in [0.25, 0.3) is 11.3 Å². The summed E-state index contributed by atoms with van der Waals surface area (Å²) in [5.74, 6) is 0.632. The van der Waals surface area contributed by atoms with Gasteiger partial charge >= 0.3 is 0 Å². The highest BCUT2D eigenvalue weighted by Gasteiger charge is 2.14. The molecule has 0 amide bonds. The molecule has 2 rings (SSSR count). The molecule has 18 heavy (non-hydrogen) atoms. The van der Waals surface area contributed by atoms with Gasteiger partial charge in [0.25, 0.3) is 0 Å². The van der Waals surface area contributed by atoms with E-state index in [0.717, 1.165) is 24.9 Å². The van der Waals surface area contributed by atoms with Gasteiger partial charge in [-0.25, -0.2) is 4.98 Å². The molecule has 0 aliphatic rings. The van der Waals surface area contributed by atoms with Crippen molar-refractivity contribution in [1.82, 2.24) is 9.55 Å². The Labute approximate surface area is 117 Å². The molecule has 3 nitrogen and oxygen atoms in total. The number of nitrogens with two attached hydrogens (primary N) is 1. The zero-order valence-electron chi connectivity index (χ0n) is 10.2. The molecule has 0 atom stereocenters. The van der Waals surface area contributed by atoms with E-state index in [1.54, 1.807) is 12.4 Å². The van der Waals surface area contributed by atoms with Crippen molar-refractivity contribution in [2.75, 3.05) is 5.73 Å². The van der Waals surface area contributed by atoms with E-state index in [-0.39, 0.29) is 0 Å². The highest BCUT2D eigenvalue weighted by Crippen LogP contribution is 2.35. The van der Waals surface area contributed by atoms with Crippen molar-refractivity contribution < 1.29 is 0 Å². The molecule has 0 unspecified atom stereocenters. The Balaban J connectivity index is 2.39. The first-order valence-electron chi connectivity index (χ1n) is 5.90. The molecule has 5 heteroatoms. The predicted molar refractivity (Wildman–Crippen MR) is 77.0 cm³/mol. The second kappa shape index (κ2) is 5.63. The van der Waals surface area contributed by atoms with E-state index in [0.29, 0.717) is 21.6 Å². The molecule has 0 fully saturated rings. The fourth-order valence-electron chi connectivity index (χ4n) is 1.79. The molecule has 0 saturated heterocycles. The molecule has 0 radical (unpaired) electrons. The van der Waals surface area contributed by atoms with Crippen LogP contribution in [0, 0.1) is 0 Å². The summed E-state index contributed by atoms with van der Waals surface area (Å²) in [6, 6.07) is 5.46. The monoisotopic (exact) mass is 283 g/mol. The summed E-state index contributed by atoms with van der Waals surface area (Å²) in [5.41, 5.74) is 7.56. The average Bonchev–Trinajstić information content (AvgIpc) is 2.72. The maximum Gasteiger partial charge on any atom is 0.131 e. The molecule has 0 aliphatic heterocycles. The van der Waals surface area contributed by atoms with E-state index in [2.05, 4.69) is 11.9 Å². The van der Waals surface area contributed by atoms with Gasteiger partial charge in [-0.3, -0.25) is 0 Å². The second-order valence-corrected chi connectivity index (χ2v) is 4.91. The van der Waals surface area contributed by atoms with Crippen LogP contribution in [0.3, 0.4) is 0 Å². The third kappa shape index (κ3) is 2.47. The predicted octanol–water partition coefficient (Wildman–Crippen LogP) is 4.24. The minimum Gasteiger partial charge on any atom is -0.383 e. The summed E-state index contributed by atoms with van der Waals surface area (Å²) in [6.45, 7) is 3.01. The summed E-state index contributed by atoms with van der Waals surface area (Å²) >= 11 is 12.2. The first-order chi connectivity index (χ1) is 8.65. The average molecular weight is 284 g/mol. The lowest BCUT2D eigenvalue weighted by molar-refractivity contribution is 0.637. The number of rotatable bonds is 4. The Hall–Kier alpha value is -1.19. The number of unbranched alkanes of at least 4 members (excludes halogenated alkanes) is 1. The second-order valence-electron chi connectivity index (χ2n) is 4.13. The third-order valence-corrected chi connectivity index (χ3v) is 3.66. The summed E-state index contributed by atoms with van der Waals surface area (Å²) < 4.78 is 1.94. The van der Waals surface area contributed by atoms with Crippen molar-refractivity contribution >= 4 is 29.0 Å². The number of benzene rings is 1. The molecule has 96 valence electrons. The Bertz CT molecular complexity index is 549. The number of halogens is 2. The van der Waals surface area contributed by atoms with Crippen molar-refractivity contribution in [3.05, 3.63) is 34.6 Å². The van der Waals surface area contributed by atoms with E-state index in [1.807, 2.05) is 16.7 Å². The SMILES string of the molecule is CCCCn1cnc(-c2cccc(Cl)c2Cl)c1N. The Morgan fingerprint density at radius 1 is 1.33 bits per heavy atom. The van der Waals surface area contributed by atoms with Crippen LogP contribution in [0.15, 0.2) is 24.5 Å². The van der Waals surface area contributed by atoms with Crippen LogP contribution in [-0.2, 0) is 6.54 Å². The fraction of sp³-hybridized carbons (Fsp3) is 0.308. The molecule has 0 aliphatic carbocycles. The van der Waals surface area contributed by atoms with Crippen LogP contribution in [0.2, 0.25) is 10.0 Å².